The Morgan fingerprint density at radius 3 is 2.50 bits per heavy atom. The van der Waals surface area contributed by atoms with Gasteiger partial charge in [-0.05, 0) is 61.8 Å². The number of halogens is 1. The molecule has 0 unspecified atom stereocenters. The SMILES string of the molecule is Cc1ccccc1[C@H]1C[C@H](N(C)C)c2cc(F)c(CO)cc21. The van der Waals surface area contributed by atoms with Crippen molar-refractivity contribution in [3.05, 3.63) is 70.0 Å². The smallest absolute Gasteiger partial charge is 0.129 e. The average Bonchev–Trinajstić information content (AvgIpc) is 2.85. The Bertz CT molecular complexity index is 696. The summed E-state index contributed by atoms with van der Waals surface area (Å²) in [5, 5.41) is 9.39. The zero-order chi connectivity index (χ0) is 15.9. The molecule has 1 aliphatic rings. The summed E-state index contributed by atoms with van der Waals surface area (Å²) in [7, 11) is 4.07. The summed E-state index contributed by atoms with van der Waals surface area (Å²) < 4.78 is 14.1. The quantitative estimate of drug-likeness (QED) is 0.932. The summed E-state index contributed by atoms with van der Waals surface area (Å²) in [5.41, 5.74) is 5.14. The molecule has 0 spiro atoms. The van der Waals surface area contributed by atoms with Gasteiger partial charge >= 0.3 is 0 Å². The van der Waals surface area contributed by atoms with E-state index in [9.17, 15) is 9.50 Å². The van der Waals surface area contributed by atoms with Gasteiger partial charge in [0.1, 0.15) is 5.82 Å². The van der Waals surface area contributed by atoms with Gasteiger partial charge in [0.2, 0.25) is 0 Å². The Kier molecular flexibility index (Phi) is 4.02. The van der Waals surface area contributed by atoms with Crippen molar-refractivity contribution in [2.75, 3.05) is 14.1 Å². The maximum atomic E-state index is 14.1. The lowest BCUT2D eigenvalue weighted by Gasteiger charge is -2.21. The van der Waals surface area contributed by atoms with Crippen LogP contribution in [-0.4, -0.2) is 24.1 Å². The van der Waals surface area contributed by atoms with Crippen molar-refractivity contribution in [2.45, 2.75) is 31.9 Å². The number of nitrogens with zero attached hydrogens (tertiary/aromatic N) is 1. The van der Waals surface area contributed by atoms with E-state index in [4.69, 9.17) is 0 Å². The van der Waals surface area contributed by atoms with E-state index in [1.807, 2.05) is 26.2 Å². The number of rotatable bonds is 3. The van der Waals surface area contributed by atoms with Gasteiger partial charge in [0, 0.05) is 17.5 Å². The van der Waals surface area contributed by atoms with Crippen molar-refractivity contribution >= 4 is 0 Å². The molecule has 2 aromatic rings. The molecule has 0 aliphatic heterocycles. The second-order valence-electron chi connectivity index (χ2n) is 6.35. The van der Waals surface area contributed by atoms with Crippen LogP contribution in [0.4, 0.5) is 4.39 Å². The molecule has 2 aromatic carbocycles. The Morgan fingerprint density at radius 2 is 1.86 bits per heavy atom. The lowest BCUT2D eigenvalue weighted by Crippen LogP contribution is -2.17. The third-order valence-corrected chi connectivity index (χ3v) is 4.80. The topological polar surface area (TPSA) is 23.5 Å². The number of aliphatic hydroxyl groups excluding tert-OH is 1. The molecule has 2 nitrogen and oxygen atoms in total. The van der Waals surface area contributed by atoms with E-state index in [0.717, 1.165) is 17.5 Å². The van der Waals surface area contributed by atoms with Crippen molar-refractivity contribution in [1.82, 2.24) is 4.90 Å². The van der Waals surface area contributed by atoms with Gasteiger partial charge in [-0.15, -0.1) is 0 Å². The van der Waals surface area contributed by atoms with Crippen LogP contribution in [0.5, 0.6) is 0 Å². The summed E-state index contributed by atoms with van der Waals surface area (Å²) in [6, 6.07) is 12.1. The zero-order valence-electron chi connectivity index (χ0n) is 13.3. The summed E-state index contributed by atoms with van der Waals surface area (Å²) in [5.74, 6) is -0.0481. The fourth-order valence-electron chi connectivity index (χ4n) is 3.60. The number of aryl methyl sites for hydroxylation is 1. The van der Waals surface area contributed by atoms with Gasteiger partial charge in [-0.3, -0.25) is 0 Å². The molecule has 1 N–H and O–H groups in total. The summed E-state index contributed by atoms with van der Waals surface area (Å²) in [6.07, 6.45) is 0.946. The average molecular weight is 299 g/mol. The van der Waals surface area contributed by atoms with Crippen molar-refractivity contribution < 1.29 is 9.50 Å². The van der Waals surface area contributed by atoms with Crippen molar-refractivity contribution in [2.24, 2.45) is 0 Å². The van der Waals surface area contributed by atoms with E-state index in [1.165, 1.54) is 11.1 Å². The highest BCUT2D eigenvalue weighted by atomic mass is 19.1. The van der Waals surface area contributed by atoms with Crippen molar-refractivity contribution in [1.29, 1.82) is 0 Å². The molecule has 0 saturated carbocycles. The van der Waals surface area contributed by atoms with Gasteiger partial charge in [-0.25, -0.2) is 4.39 Å². The minimum Gasteiger partial charge on any atom is -0.392 e. The Hall–Kier alpha value is -1.71. The van der Waals surface area contributed by atoms with E-state index in [-0.39, 0.29) is 24.4 Å². The molecule has 0 saturated heterocycles. The normalized spacial score (nSPS) is 20.5. The molecule has 116 valence electrons. The van der Waals surface area contributed by atoms with Crippen LogP contribution < -0.4 is 0 Å². The van der Waals surface area contributed by atoms with E-state index in [1.54, 1.807) is 6.07 Å². The molecule has 0 bridgehead atoms. The van der Waals surface area contributed by atoms with Crippen LogP contribution in [0, 0.1) is 12.7 Å². The summed E-state index contributed by atoms with van der Waals surface area (Å²) in [4.78, 5) is 2.15. The van der Waals surface area contributed by atoms with Crippen LogP contribution in [0.3, 0.4) is 0 Å². The predicted octanol–water partition coefficient (Wildman–Crippen LogP) is 3.76. The maximum Gasteiger partial charge on any atom is 0.129 e. The molecule has 22 heavy (non-hydrogen) atoms. The molecule has 2 atom stereocenters. The predicted molar refractivity (Wildman–Crippen MR) is 86.4 cm³/mol. The van der Waals surface area contributed by atoms with Gasteiger partial charge < -0.3 is 10.0 Å². The highest BCUT2D eigenvalue weighted by Gasteiger charge is 2.34. The van der Waals surface area contributed by atoms with Gasteiger partial charge in [0.25, 0.3) is 0 Å². The first-order chi connectivity index (χ1) is 10.5. The fourth-order valence-corrected chi connectivity index (χ4v) is 3.60. The molecular weight excluding hydrogens is 277 g/mol. The van der Waals surface area contributed by atoms with E-state index in [0.29, 0.717) is 5.56 Å². The molecule has 3 heteroatoms. The highest BCUT2D eigenvalue weighted by Crippen LogP contribution is 2.47. The minimum atomic E-state index is -0.307. The fraction of sp³-hybridized carbons (Fsp3) is 0.368. The first kappa shape index (κ1) is 15.2. The van der Waals surface area contributed by atoms with Crippen LogP contribution in [0.2, 0.25) is 0 Å². The van der Waals surface area contributed by atoms with Crippen molar-refractivity contribution in [3.63, 3.8) is 0 Å². The molecule has 0 aromatic heterocycles. The number of hydrogen-bond donors (Lipinski definition) is 1. The van der Waals surface area contributed by atoms with E-state index < -0.39 is 0 Å². The third kappa shape index (κ3) is 2.44. The molecular formula is C19H22FNO. The highest BCUT2D eigenvalue weighted by molar-refractivity contribution is 5.48. The first-order valence-corrected chi connectivity index (χ1v) is 7.68. The number of benzene rings is 2. The Balaban J connectivity index is 2.15. The Labute approximate surface area is 131 Å². The lowest BCUT2D eigenvalue weighted by atomic mass is 9.89. The molecule has 0 radical (unpaired) electrons. The first-order valence-electron chi connectivity index (χ1n) is 7.68. The van der Waals surface area contributed by atoms with Crippen LogP contribution in [0.1, 0.15) is 46.2 Å². The molecule has 1 aliphatic carbocycles. The minimum absolute atomic E-state index is 0.210. The second kappa shape index (κ2) is 5.82. The van der Waals surface area contributed by atoms with Crippen molar-refractivity contribution in [3.8, 4) is 0 Å². The number of fused-ring (bicyclic) bond motifs is 1. The van der Waals surface area contributed by atoms with E-state index >= 15 is 0 Å². The van der Waals surface area contributed by atoms with Gasteiger partial charge in [-0.2, -0.15) is 0 Å². The standard InChI is InChI=1S/C19H22FNO/c1-12-6-4-5-7-14(12)16-10-19(21(2)3)17-9-18(20)13(11-22)8-15(16)17/h4-9,16,19,22H,10-11H2,1-3H3/t16-,19+/m1/s1. The van der Waals surface area contributed by atoms with Gasteiger partial charge in [0.05, 0.1) is 6.61 Å². The third-order valence-electron chi connectivity index (χ3n) is 4.80. The second-order valence-corrected chi connectivity index (χ2v) is 6.35. The lowest BCUT2D eigenvalue weighted by molar-refractivity contribution is 0.275. The number of aliphatic hydroxyl groups is 1. The summed E-state index contributed by atoms with van der Waals surface area (Å²) >= 11 is 0. The van der Waals surface area contributed by atoms with E-state index in [2.05, 4.69) is 30.0 Å². The van der Waals surface area contributed by atoms with Crippen LogP contribution >= 0.6 is 0 Å². The summed E-state index contributed by atoms with van der Waals surface area (Å²) in [6.45, 7) is 1.86. The largest absolute Gasteiger partial charge is 0.392 e. The van der Waals surface area contributed by atoms with Crippen LogP contribution in [-0.2, 0) is 6.61 Å². The zero-order valence-corrected chi connectivity index (χ0v) is 13.3. The number of hydrogen-bond acceptors (Lipinski definition) is 2. The maximum absolute atomic E-state index is 14.1. The van der Waals surface area contributed by atoms with Crippen LogP contribution in [0.25, 0.3) is 0 Å². The van der Waals surface area contributed by atoms with Gasteiger partial charge in [-0.1, -0.05) is 24.3 Å². The Morgan fingerprint density at radius 1 is 1.14 bits per heavy atom. The van der Waals surface area contributed by atoms with Gasteiger partial charge in [0.15, 0.2) is 0 Å². The van der Waals surface area contributed by atoms with Crippen LogP contribution in [0.15, 0.2) is 36.4 Å². The monoisotopic (exact) mass is 299 g/mol. The molecule has 0 heterocycles. The molecule has 0 amide bonds. The molecule has 3 rings (SSSR count). The molecule has 0 fully saturated rings.